The molecule has 1 heterocycles. The molecule has 2 rings (SSSR count). The number of thioether (sulfide) groups is 1. The van der Waals surface area contributed by atoms with E-state index in [0.29, 0.717) is 10.7 Å². The molecule has 1 amide bonds. The van der Waals surface area contributed by atoms with Crippen molar-refractivity contribution < 1.29 is 13.6 Å². The second-order valence-electron chi connectivity index (χ2n) is 5.07. The van der Waals surface area contributed by atoms with Gasteiger partial charge in [0.05, 0.1) is 11.3 Å². The van der Waals surface area contributed by atoms with Gasteiger partial charge < -0.3 is 5.32 Å². The van der Waals surface area contributed by atoms with E-state index in [0.717, 1.165) is 6.07 Å². The highest BCUT2D eigenvalue weighted by Crippen LogP contribution is 2.29. The Morgan fingerprint density at radius 2 is 2.00 bits per heavy atom. The molecular formula is C14H16F2N2OS. The van der Waals surface area contributed by atoms with Crippen molar-refractivity contribution in [3.63, 3.8) is 0 Å². The van der Waals surface area contributed by atoms with E-state index in [4.69, 9.17) is 0 Å². The fraction of sp³-hybridized carbons (Fsp3) is 0.429. The lowest BCUT2D eigenvalue weighted by atomic mass is 10.1. The van der Waals surface area contributed by atoms with Crippen LogP contribution >= 0.6 is 11.8 Å². The molecule has 1 aromatic carbocycles. The average Bonchev–Trinajstić information content (AvgIpc) is 2.70. The molecule has 6 heteroatoms. The standard InChI is InChI=1S/C14H16F2N2OS/c1-7(2)12-13(19)18-14(20-12)17-8(3)10-5-4-9(15)6-11(10)16/h4-8,12H,1-3H3,(H,17,18,19)/t8-,12-/m0/s1. The molecular weight excluding hydrogens is 282 g/mol. The first kappa shape index (κ1) is 15.0. The Kier molecular flexibility index (Phi) is 4.42. The third kappa shape index (κ3) is 3.17. The highest BCUT2D eigenvalue weighted by Gasteiger charge is 2.31. The minimum Gasteiger partial charge on any atom is -0.358 e. The van der Waals surface area contributed by atoms with Crippen LogP contribution in [-0.2, 0) is 4.79 Å². The summed E-state index contributed by atoms with van der Waals surface area (Å²) in [5.74, 6) is -1.20. The quantitative estimate of drug-likeness (QED) is 0.931. The molecule has 0 aliphatic carbocycles. The van der Waals surface area contributed by atoms with Crippen molar-refractivity contribution >= 4 is 22.8 Å². The molecule has 0 saturated heterocycles. The van der Waals surface area contributed by atoms with Gasteiger partial charge in [0.1, 0.15) is 11.6 Å². The Bertz CT molecular complexity index is 560. The van der Waals surface area contributed by atoms with E-state index in [1.807, 2.05) is 13.8 Å². The third-order valence-corrected chi connectivity index (χ3v) is 4.50. The van der Waals surface area contributed by atoms with Crippen LogP contribution in [0.25, 0.3) is 0 Å². The Hall–Kier alpha value is -1.43. The molecule has 0 spiro atoms. The van der Waals surface area contributed by atoms with Gasteiger partial charge in [-0.2, -0.15) is 4.99 Å². The van der Waals surface area contributed by atoms with Crippen molar-refractivity contribution in [2.45, 2.75) is 32.1 Å². The number of hydrogen-bond acceptors (Lipinski definition) is 3. The average molecular weight is 298 g/mol. The van der Waals surface area contributed by atoms with Gasteiger partial charge in [-0.05, 0) is 18.9 Å². The molecule has 1 aromatic rings. The second kappa shape index (κ2) is 5.91. The molecule has 0 saturated carbocycles. The number of rotatable bonds is 3. The van der Waals surface area contributed by atoms with E-state index in [1.54, 1.807) is 6.92 Å². The Morgan fingerprint density at radius 3 is 2.55 bits per heavy atom. The lowest BCUT2D eigenvalue weighted by Gasteiger charge is -2.16. The highest BCUT2D eigenvalue weighted by atomic mass is 32.2. The zero-order chi connectivity index (χ0) is 14.9. The summed E-state index contributed by atoms with van der Waals surface area (Å²) >= 11 is 1.35. The monoisotopic (exact) mass is 298 g/mol. The molecule has 1 aliphatic heterocycles. The molecule has 0 aromatic heterocycles. The van der Waals surface area contributed by atoms with Gasteiger partial charge in [-0.3, -0.25) is 4.79 Å². The normalized spacial score (nSPS) is 20.2. The lowest BCUT2D eigenvalue weighted by molar-refractivity contribution is -0.117. The summed E-state index contributed by atoms with van der Waals surface area (Å²) in [6.45, 7) is 5.65. The van der Waals surface area contributed by atoms with Crippen LogP contribution < -0.4 is 5.32 Å². The van der Waals surface area contributed by atoms with Gasteiger partial charge in [0.25, 0.3) is 5.91 Å². The van der Waals surface area contributed by atoms with Crippen LogP contribution in [0.2, 0.25) is 0 Å². The van der Waals surface area contributed by atoms with E-state index < -0.39 is 11.6 Å². The van der Waals surface area contributed by atoms with Crippen LogP contribution in [0.1, 0.15) is 32.4 Å². The summed E-state index contributed by atoms with van der Waals surface area (Å²) < 4.78 is 26.5. The second-order valence-corrected chi connectivity index (χ2v) is 6.20. The van der Waals surface area contributed by atoms with E-state index >= 15 is 0 Å². The number of amidine groups is 1. The van der Waals surface area contributed by atoms with Crippen LogP contribution in [-0.4, -0.2) is 16.3 Å². The van der Waals surface area contributed by atoms with Crippen LogP contribution in [0.4, 0.5) is 8.78 Å². The molecule has 1 aliphatic rings. The lowest BCUT2D eigenvalue weighted by Crippen LogP contribution is -2.24. The fourth-order valence-corrected chi connectivity index (χ4v) is 3.02. The number of halogens is 2. The number of amides is 1. The molecule has 0 fully saturated rings. The molecule has 2 atom stereocenters. The number of nitrogens with zero attached hydrogens (tertiary/aromatic N) is 1. The molecule has 0 unspecified atom stereocenters. The Balaban J connectivity index is 2.07. The molecule has 0 radical (unpaired) electrons. The zero-order valence-corrected chi connectivity index (χ0v) is 12.3. The largest absolute Gasteiger partial charge is 0.358 e. The van der Waals surface area contributed by atoms with Crippen molar-refractivity contribution in [1.82, 2.24) is 5.32 Å². The summed E-state index contributed by atoms with van der Waals surface area (Å²) in [6.07, 6.45) is 0. The number of hydrogen-bond donors (Lipinski definition) is 1. The number of aliphatic imine (C=N–C) groups is 1. The van der Waals surface area contributed by atoms with Gasteiger partial charge >= 0.3 is 0 Å². The maximum absolute atomic E-state index is 13.7. The summed E-state index contributed by atoms with van der Waals surface area (Å²) in [5, 5.41) is 3.30. The minimum absolute atomic E-state index is 0.167. The Labute approximate surface area is 120 Å². The van der Waals surface area contributed by atoms with E-state index in [1.165, 1.54) is 23.9 Å². The van der Waals surface area contributed by atoms with Crippen LogP contribution in [0.3, 0.4) is 0 Å². The SMILES string of the molecule is CC(C)[C@@H]1SC(N[C@@H](C)c2ccc(F)cc2F)=NC1=O. The summed E-state index contributed by atoms with van der Waals surface area (Å²) in [7, 11) is 0. The van der Waals surface area contributed by atoms with Crippen molar-refractivity contribution in [1.29, 1.82) is 0 Å². The zero-order valence-electron chi connectivity index (χ0n) is 11.5. The first-order valence-corrected chi connectivity index (χ1v) is 7.27. The van der Waals surface area contributed by atoms with Gasteiger partial charge in [-0.25, -0.2) is 8.78 Å². The summed E-state index contributed by atoms with van der Waals surface area (Å²) in [6, 6.07) is 3.06. The predicted molar refractivity (Wildman–Crippen MR) is 76.6 cm³/mol. The smallest absolute Gasteiger partial charge is 0.261 e. The van der Waals surface area contributed by atoms with Gasteiger partial charge in [-0.1, -0.05) is 31.7 Å². The van der Waals surface area contributed by atoms with Crippen LogP contribution in [0.5, 0.6) is 0 Å². The van der Waals surface area contributed by atoms with Crippen LogP contribution in [0.15, 0.2) is 23.2 Å². The van der Waals surface area contributed by atoms with Crippen molar-refractivity contribution in [3.05, 3.63) is 35.4 Å². The predicted octanol–water partition coefficient (Wildman–Crippen LogP) is 3.27. The van der Waals surface area contributed by atoms with Crippen molar-refractivity contribution in [3.8, 4) is 0 Å². The maximum atomic E-state index is 13.7. The third-order valence-electron chi connectivity index (χ3n) is 3.07. The summed E-state index contributed by atoms with van der Waals surface area (Å²) in [5.41, 5.74) is 0.343. The number of carbonyl (C=O) groups is 1. The fourth-order valence-electron chi connectivity index (χ4n) is 1.96. The topological polar surface area (TPSA) is 41.5 Å². The summed E-state index contributed by atoms with van der Waals surface area (Å²) in [4.78, 5) is 15.6. The highest BCUT2D eigenvalue weighted by molar-refractivity contribution is 8.15. The van der Waals surface area contributed by atoms with Crippen molar-refractivity contribution in [2.75, 3.05) is 0 Å². The Morgan fingerprint density at radius 1 is 1.30 bits per heavy atom. The maximum Gasteiger partial charge on any atom is 0.261 e. The van der Waals surface area contributed by atoms with Gasteiger partial charge in [0.2, 0.25) is 0 Å². The number of nitrogens with one attached hydrogen (secondary N) is 1. The minimum atomic E-state index is -0.611. The van der Waals surface area contributed by atoms with Gasteiger partial charge in [0.15, 0.2) is 5.17 Å². The number of carbonyl (C=O) groups excluding carboxylic acids is 1. The molecule has 3 nitrogen and oxygen atoms in total. The number of benzene rings is 1. The first-order valence-electron chi connectivity index (χ1n) is 6.39. The van der Waals surface area contributed by atoms with Crippen LogP contribution in [0, 0.1) is 17.6 Å². The van der Waals surface area contributed by atoms with Gasteiger partial charge in [-0.15, -0.1) is 0 Å². The van der Waals surface area contributed by atoms with E-state index in [2.05, 4.69) is 10.3 Å². The van der Waals surface area contributed by atoms with E-state index in [9.17, 15) is 13.6 Å². The van der Waals surface area contributed by atoms with E-state index in [-0.39, 0.29) is 23.1 Å². The molecule has 1 N–H and O–H groups in total. The first-order chi connectivity index (χ1) is 9.38. The van der Waals surface area contributed by atoms with Gasteiger partial charge in [0, 0.05) is 11.6 Å². The van der Waals surface area contributed by atoms with Crippen molar-refractivity contribution in [2.24, 2.45) is 10.9 Å². The molecule has 0 bridgehead atoms. The molecule has 108 valence electrons. The molecule has 20 heavy (non-hydrogen) atoms.